The quantitative estimate of drug-likeness (QED) is 0.438. The number of amides is 1. The summed E-state index contributed by atoms with van der Waals surface area (Å²) in [5.41, 5.74) is -0.267. The molecule has 0 atom stereocenters. The van der Waals surface area contributed by atoms with Gasteiger partial charge in [0.05, 0.1) is 12.1 Å². The van der Waals surface area contributed by atoms with Gasteiger partial charge in [-0.15, -0.1) is 8.86 Å². The highest BCUT2D eigenvalue weighted by Gasteiger charge is 2.32. The summed E-state index contributed by atoms with van der Waals surface area (Å²) in [6, 6.07) is 2.47. The lowest BCUT2D eigenvalue weighted by Crippen LogP contribution is -2.47. The molecule has 0 aromatic heterocycles. The molecule has 2 aliphatic rings. The lowest BCUT2D eigenvalue weighted by molar-refractivity contribution is -0.138. The topological polar surface area (TPSA) is 35.6 Å². The van der Waals surface area contributed by atoms with E-state index < -0.39 is 17.6 Å². The second kappa shape index (κ2) is 11.0. The van der Waals surface area contributed by atoms with Gasteiger partial charge in [0, 0.05) is 25.1 Å². The van der Waals surface area contributed by atoms with Crippen molar-refractivity contribution in [2.45, 2.75) is 52.6 Å². The Bertz CT molecular complexity index is 868. The van der Waals surface area contributed by atoms with Crippen molar-refractivity contribution >= 4 is 20.2 Å². The molecule has 3 rings (SSSR count). The maximum absolute atomic E-state index is 13.7. The number of piperidine rings is 2. The van der Waals surface area contributed by atoms with Crippen LogP contribution in [0.1, 0.15) is 57.6 Å². The minimum Gasteiger partial charge on any atom is -0.342 e. The Morgan fingerprint density at radius 2 is 1.65 bits per heavy atom. The first-order chi connectivity index (χ1) is 15.8. The summed E-state index contributed by atoms with van der Waals surface area (Å²) < 4.78 is 52.5. The molecule has 0 unspecified atom stereocenters. The van der Waals surface area contributed by atoms with E-state index in [1.165, 1.54) is 0 Å². The predicted molar refractivity (Wildman–Crippen MR) is 130 cm³/mol. The zero-order valence-corrected chi connectivity index (χ0v) is 21.3. The van der Waals surface area contributed by atoms with Gasteiger partial charge in [0.2, 0.25) is 5.91 Å². The monoisotopic (exact) mass is 501 g/mol. The maximum atomic E-state index is 13.7. The Balaban J connectivity index is 1.41. The largest absolute Gasteiger partial charge is 0.416 e. The summed E-state index contributed by atoms with van der Waals surface area (Å²) in [6.45, 7) is 11.2. The van der Waals surface area contributed by atoms with Crippen LogP contribution in [-0.2, 0) is 11.0 Å². The van der Waals surface area contributed by atoms with E-state index >= 15 is 0 Å². The highest BCUT2D eigenvalue weighted by atomic mass is 31.0. The van der Waals surface area contributed by atoms with Crippen molar-refractivity contribution in [2.75, 3.05) is 39.3 Å². The van der Waals surface area contributed by atoms with Crippen molar-refractivity contribution in [1.29, 1.82) is 0 Å². The highest BCUT2D eigenvalue weighted by molar-refractivity contribution is 7.21. The molecular weight excluding hydrogens is 465 g/mol. The number of rotatable bonds is 6. The Kier molecular flexibility index (Phi) is 8.80. The molecule has 1 amide bonds. The molecular formula is C25H36F4N3OP. The fourth-order valence-corrected chi connectivity index (χ4v) is 5.13. The first kappa shape index (κ1) is 27.1. The third kappa shape index (κ3) is 7.50. The molecule has 0 spiro atoms. The first-order valence-corrected chi connectivity index (χ1v) is 12.5. The number of hydrogen-bond donors (Lipinski definition) is 1. The van der Waals surface area contributed by atoms with Crippen LogP contribution >= 0.6 is 8.86 Å². The summed E-state index contributed by atoms with van der Waals surface area (Å²) >= 11 is 0. The number of likely N-dealkylation sites (tertiary alicyclic amines) is 2. The molecule has 1 aromatic carbocycles. The fourth-order valence-electron chi connectivity index (χ4n) is 4.88. The average Bonchev–Trinajstić information content (AvgIpc) is 2.76. The summed E-state index contributed by atoms with van der Waals surface area (Å²) in [5, 5.41) is 3.09. The van der Waals surface area contributed by atoms with E-state index in [9.17, 15) is 22.4 Å². The molecule has 0 bridgehead atoms. The Labute approximate surface area is 202 Å². The fraction of sp³-hybridized carbons (Fsp3) is 0.680. The van der Waals surface area contributed by atoms with E-state index in [1.807, 2.05) is 4.90 Å². The minimum atomic E-state index is -4.61. The van der Waals surface area contributed by atoms with Crippen molar-refractivity contribution in [3.05, 3.63) is 35.1 Å². The van der Waals surface area contributed by atoms with Crippen molar-refractivity contribution in [3.8, 4) is 0 Å². The van der Waals surface area contributed by atoms with Gasteiger partial charge in [-0.2, -0.15) is 13.2 Å². The molecule has 34 heavy (non-hydrogen) atoms. The molecule has 1 N–H and O–H groups in total. The number of nitrogens with zero attached hydrogens (tertiary/aromatic N) is 2. The Morgan fingerprint density at radius 3 is 2.21 bits per heavy atom. The van der Waals surface area contributed by atoms with Gasteiger partial charge in [-0.05, 0) is 79.8 Å². The molecule has 4 nitrogen and oxygen atoms in total. The SMILES string of the molecule is CC(C)(C)C1CCN(CC(=O)N2CCC(CNC(=P)c3cc(F)cc(C(F)(F)F)c3)CC2)CC1. The molecule has 2 saturated heterocycles. The van der Waals surface area contributed by atoms with Gasteiger partial charge in [0.1, 0.15) is 5.82 Å². The Hall–Kier alpha value is -1.50. The number of carbonyl (C=O) groups excluding carboxylic acids is 1. The normalized spacial score (nSPS) is 19.4. The lowest BCUT2D eigenvalue weighted by Gasteiger charge is -2.39. The smallest absolute Gasteiger partial charge is 0.342 e. The van der Waals surface area contributed by atoms with E-state index in [1.54, 1.807) is 0 Å². The van der Waals surface area contributed by atoms with Crippen LogP contribution in [0.5, 0.6) is 0 Å². The van der Waals surface area contributed by atoms with Crippen LogP contribution in [0.2, 0.25) is 0 Å². The summed E-state index contributed by atoms with van der Waals surface area (Å²) in [4.78, 5) is 17.0. The number of alkyl halides is 3. The van der Waals surface area contributed by atoms with Crippen LogP contribution < -0.4 is 5.32 Å². The van der Waals surface area contributed by atoms with Crippen molar-refractivity contribution < 1.29 is 22.4 Å². The molecule has 190 valence electrons. The number of nitrogens with one attached hydrogen (secondary N) is 1. The molecule has 0 radical (unpaired) electrons. The van der Waals surface area contributed by atoms with Gasteiger partial charge in [0.15, 0.2) is 0 Å². The first-order valence-electron chi connectivity index (χ1n) is 12.0. The summed E-state index contributed by atoms with van der Waals surface area (Å²) in [5.74, 6) is 0.225. The van der Waals surface area contributed by atoms with E-state index in [-0.39, 0.29) is 17.4 Å². The maximum Gasteiger partial charge on any atom is 0.416 e. The third-order valence-corrected chi connectivity index (χ3v) is 7.69. The van der Waals surface area contributed by atoms with E-state index in [2.05, 4.69) is 39.9 Å². The van der Waals surface area contributed by atoms with Crippen LogP contribution in [-0.4, -0.2) is 60.4 Å². The van der Waals surface area contributed by atoms with E-state index in [0.717, 1.165) is 50.9 Å². The molecule has 0 saturated carbocycles. The molecule has 9 heteroatoms. The van der Waals surface area contributed by atoms with Gasteiger partial charge in [0.25, 0.3) is 0 Å². The van der Waals surface area contributed by atoms with Gasteiger partial charge in [-0.1, -0.05) is 20.8 Å². The minimum absolute atomic E-state index is 0.117. The van der Waals surface area contributed by atoms with Crippen LogP contribution in [0.3, 0.4) is 0 Å². The lowest BCUT2D eigenvalue weighted by atomic mass is 9.75. The summed E-state index contributed by atoms with van der Waals surface area (Å²) in [6.07, 6.45) is -0.704. The zero-order chi connectivity index (χ0) is 25.1. The van der Waals surface area contributed by atoms with Gasteiger partial charge < -0.3 is 4.90 Å². The highest BCUT2D eigenvalue weighted by Crippen LogP contribution is 2.34. The number of hydrogen-bond acceptors (Lipinski definition) is 2. The van der Waals surface area contributed by atoms with Crippen LogP contribution in [0.15, 0.2) is 18.2 Å². The van der Waals surface area contributed by atoms with Crippen molar-refractivity contribution in [3.63, 3.8) is 0 Å². The second-order valence-corrected chi connectivity index (χ2v) is 11.2. The molecule has 2 heterocycles. The van der Waals surface area contributed by atoms with E-state index in [4.69, 9.17) is 0 Å². The van der Waals surface area contributed by atoms with Gasteiger partial charge in [-0.25, -0.2) is 4.39 Å². The Morgan fingerprint density at radius 1 is 1.03 bits per heavy atom. The van der Waals surface area contributed by atoms with Gasteiger partial charge in [-0.3, -0.25) is 15.0 Å². The van der Waals surface area contributed by atoms with Crippen LogP contribution in [0, 0.1) is 23.1 Å². The number of halogens is 4. The third-order valence-electron chi connectivity index (χ3n) is 7.22. The van der Waals surface area contributed by atoms with Crippen LogP contribution in [0.25, 0.3) is 0 Å². The standard InChI is InChI=1S/C25H36F4N3OP/c1-24(2,3)19-6-8-31(9-7-19)16-22(33)32-10-4-17(5-11-32)15-30-23(34)18-12-20(25(27,28)29)14-21(26)13-18/h12-14,17,19,30,34H,4-11,15-16H2,1-3H3. The molecule has 0 aliphatic carbocycles. The van der Waals surface area contributed by atoms with E-state index in [0.29, 0.717) is 49.0 Å². The van der Waals surface area contributed by atoms with Crippen molar-refractivity contribution in [2.24, 2.45) is 17.3 Å². The average molecular weight is 502 g/mol. The predicted octanol–water partition coefficient (Wildman–Crippen LogP) is 5.05. The second-order valence-electron chi connectivity index (χ2n) is 10.7. The summed E-state index contributed by atoms with van der Waals surface area (Å²) in [7, 11) is 3.32. The van der Waals surface area contributed by atoms with Crippen LogP contribution in [0.4, 0.5) is 17.6 Å². The van der Waals surface area contributed by atoms with Gasteiger partial charge >= 0.3 is 6.18 Å². The molecule has 2 aliphatic heterocycles. The molecule has 1 aromatic rings. The number of benzene rings is 1. The number of carbonyl (C=O) groups is 1. The molecule has 2 fully saturated rings. The van der Waals surface area contributed by atoms with Crippen molar-refractivity contribution in [1.82, 2.24) is 15.1 Å². The zero-order valence-electron chi connectivity index (χ0n) is 20.3.